The average molecular weight is 503 g/mol. The van der Waals surface area contributed by atoms with Gasteiger partial charge in [0.25, 0.3) is 0 Å². The predicted octanol–water partition coefficient (Wildman–Crippen LogP) is 2.78. The molecule has 2 atom stereocenters. The predicted molar refractivity (Wildman–Crippen MR) is 127 cm³/mol. The van der Waals surface area contributed by atoms with Crippen molar-refractivity contribution in [2.24, 2.45) is 0 Å². The maximum Gasteiger partial charge on any atom is 0.408 e. The summed E-state index contributed by atoms with van der Waals surface area (Å²) in [6.45, 7) is 15.1. The molecule has 202 valence electrons. The van der Waals surface area contributed by atoms with Gasteiger partial charge in [0.15, 0.2) is 0 Å². The van der Waals surface area contributed by atoms with Crippen LogP contribution >= 0.6 is 0 Å². The zero-order chi connectivity index (χ0) is 27.6. The van der Waals surface area contributed by atoms with Crippen molar-refractivity contribution in [3.63, 3.8) is 0 Å². The molecule has 0 aromatic carbocycles. The molecular weight excluding hydrogens is 460 g/mol. The van der Waals surface area contributed by atoms with Crippen LogP contribution in [0.5, 0.6) is 0 Å². The summed E-state index contributed by atoms with van der Waals surface area (Å²) in [4.78, 5) is 61.8. The molecule has 0 spiro atoms. The van der Waals surface area contributed by atoms with Crippen molar-refractivity contribution in [3.05, 3.63) is 0 Å². The lowest BCUT2D eigenvalue weighted by Gasteiger charge is -2.27. The van der Waals surface area contributed by atoms with E-state index in [1.54, 1.807) is 62.3 Å². The van der Waals surface area contributed by atoms with Crippen LogP contribution in [0.3, 0.4) is 0 Å². The lowest BCUT2D eigenvalue weighted by molar-refractivity contribution is -0.160. The molecule has 0 aromatic rings. The Morgan fingerprint density at radius 1 is 0.629 bits per heavy atom. The summed E-state index contributed by atoms with van der Waals surface area (Å²) in [5.74, 6) is -2.63. The number of carbonyl (C=O) groups is 5. The molecule has 2 N–H and O–H groups in total. The summed E-state index contributed by atoms with van der Waals surface area (Å²) in [5.41, 5.74) is -2.37. The molecule has 1 unspecified atom stereocenters. The zero-order valence-electron chi connectivity index (χ0n) is 22.7. The largest absolute Gasteiger partial charge is 0.469 e. The minimum Gasteiger partial charge on any atom is -0.469 e. The average Bonchev–Trinajstić information content (AvgIpc) is 2.63. The number of methoxy groups -OCH3 is 1. The summed E-state index contributed by atoms with van der Waals surface area (Å²) in [7, 11) is 1.20. The number of ether oxygens (including phenoxy) is 4. The fourth-order valence-electron chi connectivity index (χ4n) is 2.63. The maximum atomic E-state index is 13.0. The minimum absolute atomic E-state index is 0.0915. The number of nitrogens with one attached hydrogen (secondary N) is 2. The van der Waals surface area contributed by atoms with E-state index in [9.17, 15) is 24.0 Å². The van der Waals surface area contributed by atoms with Crippen LogP contribution in [0.15, 0.2) is 0 Å². The Balaban J connectivity index is 5.60. The van der Waals surface area contributed by atoms with Crippen molar-refractivity contribution in [1.29, 1.82) is 0 Å². The number of amides is 2. The normalized spacial score (nSPS) is 13.7. The van der Waals surface area contributed by atoms with E-state index >= 15 is 0 Å². The van der Waals surface area contributed by atoms with Crippen LogP contribution in [0.25, 0.3) is 0 Å². The van der Waals surface area contributed by atoms with Gasteiger partial charge < -0.3 is 29.6 Å². The third-order valence-corrected chi connectivity index (χ3v) is 3.94. The van der Waals surface area contributed by atoms with Gasteiger partial charge in [0, 0.05) is 12.8 Å². The maximum absolute atomic E-state index is 13.0. The van der Waals surface area contributed by atoms with Gasteiger partial charge in [0.2, 0.25) is 5.91 Å². The Morgan fingerprint density at radius 2 is 1.09 bits per heavy atom. The third-order valence-electron chi connectivity index (χ3n) is 3.94. The highest BCUT2D eigenvalue weighted by molar-refractivity contribution is 5.90. The number of rotatable bonds is 10. The van der Waals surface area contributed by atoms with Gasteiger partial charge in [-0.05, 0) is 75.2 Å². The first-order valence-corrected chi connectivity index (χ1v) is 11.5. The molecule has 0 aliphatic rings. The number of hydrogen-bond donors (Lipinski definition) is 2. The van der Waals surface area contributed by atoms with E-state index in [0.29, 0.717) is 0 Å². The number of esters is 3. The van der Waals surface area contributed by atoms with Crippen LogP contribution in [0.1, 0.15) is 88.0 Å². The van der Waals surface area contributed by atoms with Gasteiger partial charge >= 0.3 is 24.0 Å². The first-order chi connectivity index (χ1) is 15.7. The SMILES string of the molecule is COC(=O)CCC(NC(=O)OC(C)(C)C)C(=O)N[C@H](CCC(=O)OC(C)(C)C)C(=O)OC(C)(C)C. The second-order valence-electron chi connectivity index (χ2n) is 11.0. The van der Waals surface area contributed by atoms with Crippen molar-refractivity contribution < 1.29 is 42.9 Å². The molecule has 0 aliphatic heterocycles. The lowest BCUT2D eigenvalue weighted by Crippen LogP contribution is -2.53. The first kappa shape index (κ1) is 32.1. The molecule has 0 heterocycles. The number of alkyl carbamates (subject to hydrolysis) is 1. The molecule has 2 amide bonds. The molecule has 35 heavy (non-hydrogen) atoms. The van der Waals surface area contributed by atoms with E-state index < -0.39 is 58.8 Å². The number of carbonyl (C=O) groups excluding carboxylic acids is 5. The van der Waals surface area contributed by atoms with E-state index in [-0.39, 0.29) is 25.7 Å². The van der Waals surface area contributed by atoms with E-state index in [0.717, 1.165) is 0 Å². The summed E-state index contributed by atoms with van der Waals surface area (Å²) in [6, 6.07) is -2.41. The second-order valence-corrected chi connectivity index (χ2v) is 11.0. The fourth-order valence-corrected chi connectivity index (χ4v) is 2.63. The summed E-state index contributed by atoms with van der Waals surface area (Å²) in [5, 5.41) is 4.94. The minimum atomic E-state index is -1.21. The molecule has 0 radical (unpaired) electrons. The summed E-state index contributed by atoms with van der Waals surface area (Å²) in [6.07, 6.45) is -1.39. The molecule has 0 fully saturated rings. The van der Waals surface area contributed by atoms with Gasteiger partial charge in [-0.15, -0.1) is 0 Å². The van der Waals surface area contributed by atoms with E-state index in [4.69, 9.17) is 14.2 Å². The molecule has 0 rings (SSSR count). The summed E-state index contributed by atoms with van der Waals surface area (Å²) >= 11 is 0. The smallest absolute Gasteiger partial charge is 0.408 e. The van der Waals surface area contributed by atoms with Crippen molar-refractivity contribution in [2.75, 3.05) is 7.11 Å². The highest BCUT2D eigenvalue weighted by atomic mass is 16.6. The molecule has 0 bridgehead atoms. The molecular formula is C24H42N2O9. The van der Waals surface area contributed by atoms with Gasteiger partial charge in [-0.2, -0.15) is 0 Å². The van der Waals surface area contributed by atoms with E-state index in [1.807, 2.05) is 0 Å². The van der Waals surface area contributed by atoms with Crippen LogP contribution in [0.4, 0.5) is 4.79 Å². The Bertz CT molecular complexity index is 758. The van der Waals surface area contributed by atoms with Crippen molar-refractivity contribution >= 4 is 29.9 Å². The van der Waals surface area contributed by atoms with Crippen LogP contribution in [0.2, 0.25) is 0 Å². The zero-order valence-corrected chi connectivity index (χ0v) is 22.7. The van der Waals surface area contributed by atoms with E-state index in [2.05, 4.69) is 15.4 Å². The Kier molecular flexibility index (Phi) is 12.2. The summed E-state index contributed by atoms with van der Waals surface area (Å²) < 4.78 is 20.5. The van der Waals surface area contributed by atoms with E-state index in [1.165, 1.54) is 7.11 Å². The van der Waals surface area contributed by atoms with Gasteiger partial charge in [-0.1, -0.05) is 0 Å². The molecule has 0 saturated heterocycles. The molecule has 11 nitrogen and oxygen atoms in total. The Labute approximate surface area is 207 Å². The quantitative estimate of drug-likeness (QED) is 0.340. The van der Waals surface area contributed by atoms with Gasteiger partial charge in [0.1, 0.15) is 28.9 Å². The van der Waals surface area contributed by atoms with Crippen molar-refractivity contribution in [2.45, 2.75) is 117 Å². The Morgan fingerprint density at radius 3 is 1.54 bits per heavy atom. The van der Waals surface area contributed by atoms with Gasteiger partial charge in [-0.3, -0.25) is 14.4 Å². The number of hydrogen-bond acceptors (Lipinski definition) is 9. The molecule has 0 aliphatic carbocycles. The topological polar surface area (TPSA) is 146 Å². The Hall–Kier alpha value is -2.85. The van der Waals surface area contributed by atoms with Crippen LogP contribution < -0.4 is 10.6 Å². The van der Waals surface area contributed by atoms with Crippen LogP contribution in [-0.4, -0.2) is 65.9 Å². The highest BCUT2D eigenvalue weighted by Gasteiger charge is 2.32. The molecule has 0 aromatic heterocycles. The fraction of sp³-hybridized carbons (Fsp3) is 0.792. The van der Waals surface area contributed by atoms with Crippen molar-refractivity contribution in [3.8, 4) is 0 Å². The van der Waals surface area contributed by atoms with Gasteiger partial charge in [0.05, 0.1) is 7.11 Å². The van der Waals surface area contributed by atoms with Crippen LogP contribution in [0, 0.1) is 0 Å². The molecule has 0 saturated carbocycles. The highest BCUT2D eigenvalue weighted by Crippen LogP contribution is 2.14. The third kappa shape index (κ3) is 16.4. The first-order valence-electron chi connectivity index (χ1n) is 11.5. The second kappa shape index (κ2) is 13.3. The standard InChI is InChI=1S/C24H42N2O9/c1-22(2,3)33-18(28)14-12-16(20(30)34-23(4,5)6)25-19(29)15(11-13-17(27)32-10)26-21(31)35-24(7,8)9/h15-16H,11-14H2,1-10H3,(H,25,29)(H,26,31)/t15?,16-/m1/s1. The van der Waals surface area contributed by atoms with Gasteiger partial charge in [-0.25, -0.2) is 9.59 Å². The van der Waals surface area contributed by atoms with Crippen molar-refractivity contribution in [1.82, 2.24) is 10.6 Å². The molecule has 11 heteroatoms. The van der Waals surface area contributed by atoms with Crippen LogP contribution in [-0.2, 0) is 38.1 Å². The lowest BCUT2D eigenvalue weighted by atomic mass is 10.1. The monoisotopic (exact) mass is 502 g/mol.